The SMILES string of the molecule is COC12CC3CC(C1)CC(OC(=O)C(F)(SOOO)C(F)(F)F)(C3)C2. The molecule has 0 radical (unpaired) electrons. The van der Waals surface area contributed by atoms with Crippen molar-refractivity contribution in [2.75, 3.05) is 7.11 Å². The minimum absolute atomic E-state index is 0.165. The fraction of sp³-hybridized carbons (Fsp3) is 0.929. The second kappa shape index (κ2) is 6.22. The molecule has 3 unspecified atom stereocenters. The first-order chi connectivity index (χ1) is 11.6. The van der Waals surface area contributed by atoms with Crippen molar-refractivity contribution in [3.63, 3.8) is 0 Å². The highest BCUT2D eigenvalue weighted by molar-refractivity contribution is 7.96. The van der Waals surface area contributed by atoms with E-state index in [4.69, 9.17) is 14.7 Å². The molecule has 6 nitrogen and oxygen atoms in total. The molecule has 144 valence electrons. The molecule has 0 aromatic heterocycles. The zero-order valence-electron chi connectivity index (χ0n) is 13.3. The number of ether oxygens (including phenoxy) is 2. The number of hydrogen-bond acceptors (Lipinski definition) is 7. The summed E-state index contributed by atoms with van der Waals surface area (Å²) in [5, 5.41) is 6.49. The summed E-state index contributed by atoms with van der Waals surface area (Å²) in [6.07, 6.45) is -2.18. The fourth-order valence-corrected chi connectivity index (χ4v) is 5.30. The van der Waals surface area contributed by atoms with E-state index in [0.29, 0.717) is 12.8 Å². The lowest BCUT2D eigenvalue weighted by Crippen LogP contribution is -2.62. The normalized spacial score (nSPS) is 39.3. The summed E-state index contributed by atoms with van der Waals surface area (Å²) in [6, 6.07) is 0. The van der Waals surface area contributed by atoms with Crippen molar-refractivity contribution in [2.45, 2.75) is 60.9 Å². The molecule has 0 heterocycles. The molecular formula is C14H18F4O6S. The Bertz CT molecular complexity index is 530. The number of esters is 1. The third-order valence-corrected chi connectivity index (χ3v) is 6.26. The van der Waals surface area contributed by atoms with Gasteiger partial charge in [-0.05, 0) is 43.9 Å². The van der Waals surface area contributed by atoms with Gasteiger partial charge in [0.1, 0.15) is 5.60 Å². The number of rotatable bonds is 6. The van der Waals surface area contributed by atoms with Gasteiger partial charge >= 0.3 is 17.1 Å². The lowest BCUT2D eigenvalue weighted by Gasteiger charge is -2.60. The van der Waals surface area contributed by atoms with Gasteiger partial charge in [-0.1, -0.05) is 5.04 Å². The van der Waals surface area contributed by atoms with Crippen LogP contribution in [0.1, 0.15) is 38.5 Å². The minimum atomic E-state index is -5.62. The average molecular weight is 390 g/mol. The standard InChI is InChI=1S/C14H18F4O6S/c1-21-11-3-8-2-9(4-11)6-12(5-8,7-11)22-10(19)13(15,14(16,17)18)25-24-23-20/h8-9,20H,2-7H2,1H3. The topological polar surface area (TPSA) is 74.2 Å². The Kier molecular flexibility index (Phi) is 4.77. The monoisotopic (exact) mass is 390 g/mol. The Morgan fingerprint density at radius 2 is 1.68 bits per heavy atom. The minimum Gasteiger partial charge on any atom is -0.456 e. The number of halogens is 4. The summed E-state index contributed by atoms with van der Waals surface area (Å²) < 4.78 is 67.7. The second-order valence-corrected chi connectivity index (χ2v) is 8.10. The van der Waals surface area contributed by atoms with Crippen molar-refractivity contribution in [2.24, 2.45) is 11.8 Å². The molecule has 0 aliphatic heterocycles. The molecule has 4 aliphatic rings. The van der Waals surface area contributed by atoms with Gasteiger partial charge in [-0.2, -0.15) is 13.2 Å². The summed E-state index contributed by atoms with van der Waals surface area (Å²) in [6.45, 7) is 0. The van der Waals surface area contributed by atoms with Gasteiger partial charge in [-0.25, -0.2) is 14.4 Å². The van der Waals surface area contributed by atoms with E-state index in [1.807, 2.05) is 0 Å². The van der Waals surface area contributed by atoms with Crippen LogP contribution in [0.25, 0.3) is 0 Å². The lowest BCUT2D eigenvalue weighted by atomic mass is 9.52. The van der Waals surface area contributed by atoms with E-state index >= 15 is 0 Å². The highest BCUT2D eigenvalue weighted by Crippen LogP contribution is 2.60. The molecule has 4 rings (SSSR count). The molecule has 0 aromatic rings. The third kappa shape index (κ3) is 3.25. The summed E-state index contributed by atoms with van der Waals surface area (Å²) in [5.41, 5.74) is -1.72. The molecule has 4 aliphatic carbocycles. The van der Waals surface area contributed by atoms with Gasteiger partial charge in [0.25, 0.3) is 0 Å². The predicted octanol–water partition coefficient (Wildman–Crippen LogP) is 3.56. The molecule has 0 aromatic carbocycles. The van der Waals surface area contributed by atoms with Crippen molar-refractivity contribution in [1.82, 2.24) is 0 Å². The number of alkyl halides is 4. The van der Waals surface area contributed by atoms with Crippen LogP contribution in [0.3, 0.4) is 0 Å². The number of hydrogen-bond donors (Lipinski definition) is 1. The van der Waals surface area contributed by atoms with E-state index in [2.05, 4.69) is 9.37 Å². The van der Waals surface area contributed by atoms with Crippen LogP contribution in [0, 0.1) is 11.8 Å². The van der Waals surface area contributed by atoms with E-state index in [-0.39, 0.29) is 18.3 Å². The summed E-state index contributed by atoms with van der Waals surface area (Å²) in [4.78, 5) is 12.1. The van der Waals surface area contributed by atoms with Crippen LogP contribution >= 0.6 is 12.0 Å². The van der Waals surface area contributed by atoms with E-state index in [1.165, 1.54) is 7.11 Å². The first kappa shape index (κ1) is 19.2. The molecule has 4 saturated carbocycles. The van der Waals surface area contributed by atoms with Crippen LogP contribution < -0.4 is 0 Å². The predicted molar refractivity (Wildman–Crippen MR) is 75.5 cm³/mol. The highest BCUT2D eigenvalue weighted by Gasteiger charge is 2.68. The van der Waals surface area contributed by atoms with Crippen LogP contribution in [0.15, 0.2) is 0 Å². The average Bonchev–Trinajstić information content (AvgIpc) is 2.49. The molecule has 3 atom stereocenters. The molecule has 25 heavy (non-hydrogen) atoms. The molecule has 0 amide bonds. The van der Waals surface area contributed by atoms with Gasteiger partial charge in [-0.15, -0.1) is 4.33 Å². The van der Waals surface area contributed by atoms with Crippen molar-refractivity contribution in [3.8, 4) is 0 Å². The van der Waals surface area contributed by atoms with Crippen LogP contribution in [0.2, 0.25) is 0 Å². The zero-order chi connectivity index (χ0) is 18.5. The van der Waals surface area contributed by atoms with Crippen molar-refractivity contribution in [1.29, 1.82) is 0 Å². The summed E-state index contributed by atoms with van der Waals surface area (Å²) in [5.74, 6) is -1.78. The number of methoxy groups -OCH3 is 1. The van der Waals surface area contributed by atoms with Gasteiger partial charge in [0.2, 0.25) is 0 Å². The molecule has 0 saturated heterocycles. The Balaban J connectivity index is 1.81. The van der Waals surface area contributed by atoms with Crippen LogP contribution in [0.5, 0.6) is 0 Å². The van der Waals surface area contributed by atoms with Crippen molar-refractivity contribution >= 4 is 18.0 Å². The summed E-state index contributed by atoms with van der Waals surface area (Å²) >= 11 is -0.997. The van der Waals surface area contributed by atoms with Gasteiger partial charge < -0.3 is 9.47 Å². The van der Waals surface area contributed by atoms with E-state index in [9.17, 15) is 22.4 Å². The first-order valence-electron chi connectivity index (χ1n) is 7.77. The maximum absolute atomic E-state index is 14.4. The Morgan fingerprint density at radius 1 is 1.12 bits per heavy atom. The van der Waals surface area contributed by atoms with Gasteiger partial charge in [0, 0.05) is 13.5 Å². The Morgan fingerprint density at radius 3 is 2.16 bits per heavy atom. The Hall–Kier alpha value is -0.620. The summed E-state index contributed by atoms with van der Waals surface area (Å²) in [7, 11) is 1.53. The zero-order valence-corrected chi connectivity index (χ0v) is 14.1. The van der Waals surface area contributed by atoms with Crippen molar-refractivity contribution < 1.29 is 46.5 Å². The van der Waals surface area contributed by atoms with Crippen LogP contribution in [-0.2, 0) is 23.6 Å². The van der Waals surface area contributed by atoms with E-state index < -0.39 is 40.4 Å². The third-order valence-electron chi connectivity index (χ3n) is 5.50. The van der Waals surface area contributed by atoms with Crippen LogP contribution in [-0.4, -0.2) is 40.7 Å². The molecular weight excluding hydrogens is 372 g/mol. The maximum Gasteiger partial charge on any atom is 0.446 e. The van der Waals surface area contributed by atoms with Gasteiger partial charge in [-0.3, -0.25) is 0 Å². The van der Waals surface area contributed by atoms with Gasteiger partial charge in [0.05, 0.1) is 17.6 Å². The maximum atomic E-state index is 14.4. The fourth-order valence-electron chi connectivity index (χ4n) is 4.98. The second-order valence-electron chi connectivity index (χ2n) is 7.24. The molecule has 1 N–H and O–H groups in total. The molecule has 0 spiro atoms. The molecule has 4 bridgehead atoms. The quantitative estimate of drug-likeness (QED) is 0.244. The number of carbonyl (C=O) groups is 1. The Labute approximate surface area is 145 Å². The lowest BCUT2D eigenvalue weighted by molar-refractivity contribution is -0.433. The molecule has 4 fully saturated rings. The molecule has 11 heteroatoms. The smallest absolute Gasteiger partial charge is 0.446 e. The van der Waals surface area contributed by atoms with E-state index in [1.54, 1.807) is 0 Å². The highest BCUT2D eigenvalue weighted by atomic mass is 32.2. The number of carbonyl (C=O) groups excluding carboxylic acids is 1. The van der Waals surface area contributed by atoms with Crippen LogP contribution in [0.4, 0.5) is 17.6 Å². The first-order valence-corrected chi connectivity index (χ1v) is 8.51. The van der Waals surface area contributed by atoms with Gasteiger partial charge in [0.15, 0.2) is 0 Å². The largest absolute Gasteiger partial charge is 0.456 e. The van der Waals surface area contributed by atoms with Crippen molar-refractivity contribution in [3.05, 3.63) is 0 Å². The van der Waals surface area contributed by atoms with E-state index in [0.717, 1.165) is 19.3 Å².